The van der Waals surface area contributed by atoms with Crippen LogP contribution in [0.15, 0.2) is 53.0 Å². The molecule has 0 heterocycles. The number of rotatable bonds is 10. The van der Waals surface area contributed by atoms with Crippen LogP contribution >= 0.6 is 27.5 Å². The van der Waals surface area contributed by atoms with E-state index in [0.717, 1.165) is 10.0 Å². The summed E-state index contributed by atoms with van der Waals surface area (Å²) in [5.74, 6) is 0.314. The van der Waals surface area contributed by atoms with E-state index < -0.39 is 6.04 Å². The second-order valence-electron chi connectivity index (χ2n) is 7.50. The number of nitrogens with zero attached hydrogens (tertiary/aromatic N) is 1. The number of ether oxygens (including phenoxy) is 1. The molecule has 0 aliphatic heterocycles. The van der Waals surface area contributed by atoms with E-state index >= 15 is 0 Å². The van der Waals surface area contributed by atoms with Crippen LogP contribution in [0.25, 0.3) is 0 Å². The topological polar surface area (TPSA) is 58.6 Å². The SMILES string of the molecule is CC(C)CNC(=O)[C@H](C)N(CCc1ccccc1)C(=O)COc1ccc(Br)cc1Cl. The van der Waals surface area contributed by atoms with Crippen molar-refractivity contribution >= 4 is 39.3 Å². The molecule has 2 aromatic carbocycles. The molecule has 0 spiro atoms. The van der Waals surface area contributed by atoms with Gasteiger partial charge in [0.05, 0.1) is 5.02 Å². The van der Waals surface area contributed by atoms with E-state index in [1.807, 2.05) is 44.2 Å². The molecule has 0 aliphatic rings. The van der Waals surface area contributed by atoms with Gasteiger partial charge in [-0.2, -0.15) is 0 Å². The van der Waals surface area contributed by atoms with Gasteiger partial charge < -0.3 is 15.0 Å². The highest BCUT2D eigenvalue weighted by molar-refractivity contribution is 9.10. The maximum absolute atomic E-state index is 13.0. The normalized spacial score (nSPS) is 11.8. The van der Waals surface area contributed by atoms with Crippen LogP contribution in [0.5, 0.6) is 5.75 Å². The van der Waals surface area contributed by atoms with Gasteiger partial charge in [0, 0.05) is 17.6 Å². The van der Waals surface area contributed by atoms with Crippen molar-refractivity contribution in [2.75, 3.05) is 19.7 Å². The number of hydrogen-bond acceptors (Lipinski definition) is 3. The van der Waals surface area contributed by atoms with Gasteiger partial charge in [0.1, 0.15) is 11.8 Å². The second-order valence-corrected chi connectivity index (χ2v) is 8.82. The van der Waals surface area contributed by atoms with Crippen LogP contribution in [0.1, 0.15) is 26.3 Å². The van der Waals surface area contributed by atoms with E-state index in [1.165, 1.54) is 0 Å². The fraction of sp³-hybridized carbons (Fsp3) is 0.391. The van der Waals surface area contributed by atoms with Gasteiger partial charge in [-0.15, -0.1) is 0 Å². The lowest BCUT2D eigenvalue weighted by molar-refractivity contribution is -0.141. The highest BCUT2D eigenvalue weighted by Crippen LogP contribution is 2.27. The van der Waals surface area contributed by atoms with Gasteiger partial charge in [-0.1, -0.05) is 71.7 Å². The Morgan fingerprint density at radius 2 is 1.83 bits per heavy atom. The zero-order valence-corrected chi connectivity index (χ0v) is 19.9. The van der Waals surface area contributed by atoms with Crippen molar-refractivity contribution in [3.05, 3.63) is 63.6 Å². The van der Waals surface area contributed by atoms with Crippen LogP contribution in [0, 0.1) is 5.92 Å². The number of nitrogens with one attached hydrogen (secondary N) is 1. The van der Waals surface area contributed by atoms with Crippen molar-refractivity contribution in [2.45, 2.75) is 33.2 Å². The molecule has 0 saturated carbocycles. The number of benzene rings is 2. The van der Waals surface area contributed by atoms with Gasteiger partial charge in [0.15, 0.2) is 6.61 Å². The van der Waals surface area contributed by atoms with Crippen LogP contribution in [0.2, 0.25) is 5.02 Å². The van der Waals surface area contributed by atoms with Gasteiger partial charge in [-0.05, 0) is 43.0 Å². The summed E-state index contributed by atoms with van der Waals surface area (Å²) in [6.45, 7) is 6.58. The predicted octanol–water partition coefficient (Wildman–Crippen LogP) is 4.71. The van der Waals surface area contributed by atoms with Crippen molar-refractivity contribution < 1.29 is 14.3 Å². The molecule has 0 aliphatic carbocycles. The third-order valence-electron chi connectivity index (χ3n) is 4.58. The van der Waals surface area contributed by atoms with Crippen molar-refractivity contribution in [1.82, 2.24) is 10.2 Å². The molecular formula is C23H28BrClN2O3. The van der Waals surface area contributed by atoms with Gasteiger partial charge in [-0.3, -0.25) is 9.59 Å². The third kappa shape index (κ3) is 7.65. The molecule has 0 aromatic heterocycles. The Balaban J connectivity index is 2.07. The van der Waals surface area contributed by atoms with Crippen molar-refractivity contribution in [3.8, 4) is 5.75 Å². The van der Waals surface area contributed by atoms with Crippen molar-refractivity contribution in [1.29, 1.82) is 0 Å². The molecule has 0 fully saturated rings. The van der Waals surface area contributed by atoms with Crippen LogP contribution in [0.3, 0.4) is 0 Å². The lowest BCUT2D eigenvalue weighted by atomic mass is 10.1. The van der Waals surface area contributed by atoms with Crippen LogP contribution in [-0.4, -0.2) is 42.5 Å². The molecule has 0 unspecified atom stereocenters. The molecule has 2 rings (SSSR count). The fourth-order valence-corrected chi connectivity index (χ4v) is 3.57. The van der Waals surface area contributed by atoms with E-state index in [2.05, 4.69) is 21.2 Å². The molecule has 1 atom stereocenters. The molecular weight excluding hydrogens is 468 g/mol. The molecule has 0 radical (unpaired) electrons. The van der Waals surface area contributed by atoms with Crippen molar-refractivity contribution in [3.63, 3.8) is 0 Å². The molecule has 2 amide bonds. The minimum Gasteiger partial charge on any atom is -0.482 e. The predicted molar refractivity (Wildman–Crippen MR) is 124 cm³/mol. The highest BCUT2D eigenvalue weighted by atomic mass is 79.9. The Morgan fingerprint density at radius 1 is 1.13 bits per heavy atom. The smallest absolute Gasteiger partial charge is 0.261 e. The fourth-order valence-electron chi connectivity index (χ4n) is 2.84. The van der Waals surface area contributed by atoms with E-state index in [-0.39, 0.29) is 18.4 Å². The Morgan fingerprint density at radius 3 is 2.47 bits per heavy atom. The minimum atomic E-state index is -0.607. The summed E-state index contributed by atoms with van der Waals surface area (Å²) in [5.41, 5.74) is 1.10. The molecule has 0 saturated heterocycles. The Hall–Kier alpha value is -2.05. The minimum absolute atomic E-state index is 0.174. The van der Waals surface area contributed by atoms with Crippen LogP contribution in [0.4, 0.5) is 0 Å². The summed E-state index contributed by atoms with van der Waals surface area (Å²) in [6.07, 6.45) is 0.646. The molecule has 30 heavy (non-hydrogen) atoms. The van der Waals surface area contributed by atoms with E-state index in [1.54, 1.807) is 30.0 Å². The first-order valence-corrected chi connectivity index (χ1v) is 11.1. The van der Waals surface area contributed by atoms with E-state index in [9.17, 15) is 9.59 Å². The number of hydrogen-bond donors (Lipinski definition) is 1. The van der Waals surface area contributed by atoms with Crippen LogP contribution in [-0.2, 0) is 16.0 Å². The average molecular weight is 496 g/mol. The summed E-state index contributed by atoms with van der Waals surface area (Å²) in [4.78, 5) is 27.1. The third-order valence-corrected chi connectivity index (χ3v) is 5.37. The highest BCUT2D eigenvalue weighted by Gasteiger charge is 2.26. The summed E-state index contributed by atoms with van der Waals surface area (Å²) in [5, 5.41) is 3.32. The quantitative estimate of drug-likeness (QED) is 0.519. The number of carbonyl (C=O) groups excluding carboxylic acids is 2. The van der Waals surface area contributed by atoms with Crippen molar-refractivity contribution in [2.24, 2.45) is 5.92 Å². The largest absolute Gasteiger partial charge is 0.482 e. The lowest BCUT2D eigenvalue weighted by Gasteiger charge is -2.29. The van der Waals surface area contributed by atoms with E-state index in [0.29, 0.717) is 36.2 Å². The molecule has 5 nitrogen and oxygen atoms in total. The molecule has 0 bridgehead atoms. The van der Waals surface area contributed by atoms with Crippen LogP contribution < -0.4 is 10.1 Å². The summed E-state index contributed by atoms with van der Waals surface area (Å²) >= 11 is 9.52. The maximum Gasteiger partial charge on any atom is 0.261 e. The molecule has 162 valence electrons. The first kappa shape index (κ1) is 24.2. The standard InChI is InChI=1S/C23H28BrClN2O3/c1-16(2)14-26-23(29)17(3)27(12-11-18-7-5-4-6-8-18)22(28)15-30-21-10-9-19(24)13-20(21)25/h4-10,13,16-17H,11-12,14-15H2,1-3H3,(H,26,29)/t17-/m0/s1. The maximum atomic E-state index is 13.0. The monoisotopic (exact) mass is 494 g/mol. The molecule has 7 heteroatoms. The number of carbonyl (C=O) groups is 2. The average Bonchev–Trinajstić information content (AvgIpc) is 2.72. The summed E-state index contributed by atoms with van der Waals surface area (Å²) in [7, 11) is 0. The molecule has 2 aromatic rings. The number of amides is 2. The van der Waals surface area contributed by atoms with Gasteiger partial charge >= 0.3 is 0 Å². The summed E-state index contributed by atoms with van der Waals surface area (Å²) < 4.78 is 6.46. The second kappa shape index (κ2) is 12.0. The summed E-state index contributed by atoms with van der Waals surface area (Å²) in [6, 6.07) is 14.5. The Kier molecular flexibility index (Phi) is 9.66. The molecule has 1 N–H and O–H groups in total. The van der Waals surface area contributed by atoms with Gasteiger partial charge in [0.2, 0.25) is 5.91 Å². The zero-order valence-electron chi connectivity index (χ0n) is 17.5. The number of halogens is 2. The van der Waals surface area contributed by atoms with E-state index in [4.69, 9.17) is 16.3 Å². The first-order valence-electron chi connectivity index (χ1n) is 9.97. The Labute approximate surface area is 191 Å². The lowest BCUT2D eigenvalue weighted by Crippen LogP contribution is -2.50. The zero-order chi connectivity index (χ0) is 22.1. The van der Waals surface area contributed by atoms with Gasteiger partial charge in [-0.25, -0.2) is 0 Å². The Bertz CT molecular complexity index is 846. The first-order chi connectivity index (χ1) is 14.3. The van der Waals surface area contributed by atoms with Gasteiger partial charge in [0.25, 0.3) is 5.91 Å².